The molecule has 108 valence electrons. The van der Waals surface area contributed by atoms with Gasteiger partial charge in [-0.15, -0.1) is 5.10 Å². The molecule has 0 bridgehead atoms. The molecule has 1 aromatic heterocycles. The molecule has 0 unspecified atom stereocenters. The summed E-state index contributed by atoms with van der Waals surface area (Å²) in [6, 6.07) is 7.04. The van der Waals surface area contributed by atoms with E-state index in [1.54, 1.807) is 18.2 Å². The van der Waals surface area contributed by atoms with Crippen LogP contribution in [0.2, 0.25) is 0 Å². The Bertz CT molecular complexity index is 727. The molecule has 21 heavy (non-hydrogen) atoms. The van der Waals surface area contributed by atoms with Crippen molar-refractivity contribution in [1.82, 2.24) is 9.59 Å². The summed E-state index contributed by atoms with van der Waals surface area (Å²) in [7, 11) is 0. The van der Waals surface area contributed by atoms with Crippen LogP contribution in [-0.2, 0) is 5.41 Å². The van der Waals surface area contributed by atoms with Crippen LogP contribution in [0, 0.1) is 11.3 Å². The molecule has 7 heteroatoms. The maximum atomic E-state index is 12.4. The van der Waals surface area contributed by atoms with Crippen LogP contribution in [0.25, 0.3) is 0 Å². The van der Waals surface area contributed by atoms with E-state index in [1.165, 1.54) is 0 Å². The second-order valence-electron chi connectivity index (χ2n) is 5.46. The molecule has 2 aromatic rings. The number of nitrogens with zero attached hydrogens (tertiary/aromatic N) is 3. The molecular formula is C14H13BrN4OS. The fourth-order valence-corrected chi connectivity index (χ4v) is 2.94. The third kappa shape index (κ3) is 3.46. The predicted octanol–water partition coefficient (Wildman–Crippen LogP) is 3.72. The first-order chi connectivity index (χ1) is 9.82. The van der Waals surface area contributed by atoms with Crippen LogP contribution < -0.4 is 5.32 Å². The Morgan fingerprint density at radius 2 is 2.14 bits per heavy atom. The summed E-state index contributed by atoms with van der Waals surface area (Å²) in [5.41, 5.74) is 1.55. The minimum absolute atomic E-state index is 0.248. The van der Waals surface area contributed by atoms with Gasteiger partial charge in [0, 0.05) is 9.89 Å². The molecule has 2 rings (SSSR count). The lowest BCUT2D eigenvalue weighted by atomic mass is 9.91. The molecule has 0 spiro atoms. The zero-order chi connectivity index (χ0) is 15.6. The molecule has 5 nitrogen and oxygen atoms in total. The summed E-state index contributed by atoms with van der Waals surface area (Å²) in [4.78, 5) is 12.9. The number of anilines is 1. The van der Waals surface area contributed by atoms with Gasteiger partial charge in [-0.2, -0.15) is 5.26 Å². The van der Waals surface area contributed by atoms with Gasteiger partial charge in [-0.25, -0.2) is 0 Å². The average Bonchev–Trinajstić information content (AvgIpc) is 2.90. The Labute approximate surface area is 135 Å². The molecule has 1 aromatic carbocycles. The number of rotatable bonds is 2. The van der Waals surface area contributed by atoms with Crippen molar-refractivity contribution in [2.45, 2.75) is 26.2 Å². The molecule has 1 amide bonds. The molecule has 0 saturated carbocycles. The van der Waals surface area contributed by atoms with Crippen molar-refractivity contribution in [2.24, 2.45) is 0 Å². The van der Waals surface area contributed by atoms with E-state index < -0.39 is 0 Å². The van der Waals surface area contributed by atoms with Crippen LogP contribution in [0.4, 0.5) is 5.69 Å². The fraction of sp³-hybridized carbons (Fsp3) is 0.286. The zero-order valence-corrected chi connectivity index (χ0v) is 14.2. The van der Waals surface area contributed by atoms with Crippen LogP contribution in [-0.4, -0.2) is 15.5 Å². The number of carbonyl (C=O) groups excluding carboxylic acids is 1. The Morgan fingerprint density at radius 3 is 2.71 bits per heavy atom. The second-order valence-corrected chi connectivity index (χ2v) is 7.07. The van der Waals surface area contributed by atoms with Crippen LogP contribution >= 0.6 is 27.5 Å². The molecule has 0 fully saturated rings. The van der Waals surface area contributed by atoms with E-state index in [4.69, 9.17) is 5.26 Å². The van der Waals surface area contributed by atoms with E-state index in [0.717, 1.165) is 11.5 Å². The Kier molecular flexibility index (Phi) is 4.40. The van der Waals surface area contributed by atoms with Gasteiger partial charge in [0.1, 0.15) is 4.88 Å². The lowest BCUT2D eigenvalue weighted by Crippen LogP contribution is -2.20. The first kappa shape index (κ1) is 15.6. The Balaban J connectivity index is 2.28. The SMILES string of the molecule is CC(C)(C)c1nnsc1C(=O)Nc1ccc(C#N)cc1Br. The van der Waals surface area contributed by atoms with E-state index in [9.17, 15) is 4.79 Å². The minimum Gasteiger partial charge on any atom is -0.320 e. The maximum absolute atomic E-state index is 12.4. The minimum atomic E-state index is -0.250. The highest BCUT2D eigenvalue weighted by Gasteiger charge is 2.26. The van der Waals surface area contributed by atoms with Crippen molar-refractivity contribution in [3.8, 4) is 6.07 Å². The Morgan fingerprint density at radius 1 is 1.43 bits per heavy atom. The highest BCUT2D eigenvalue weighted by atomic mass is 79.9. The smallest absolute Gasteiger partial charge is 0.269 e. The summed E-state index contributed by atoms with van der Waals surface area (Å²) in [5.74, 6) is -0.250. The largest absolute Gasteiger partial charge is 0.320 e. The molecule has 0 saturated heterocycles. The number of benzene rings is 1. The quantitative estimate of drug-likeness (QED) is 0.880. The lowest BCUT2D eigenvalue weighted by Gasteiger charge is -2.16. The zero-order valence-electron chi connectivity index (χ0n) is 11.8. The predicted molar refractivity (Wildman–Crippen MR) is 85.4 cm³/mol. The van der Waals surface area contributed by atoms with Crippen LogP contribution in [0.5, 0.6) is 0 Å². The van der Waals surface area contributed by atoms with E-state index >= 15 is 0 Å². The second kappa shape index (κ2) is 5.92. The molecule has 1 heterocycles. The maximum Gasteiger partial charge on any atom is 0.269 e. The van der Waals surface area contributed by atoms with Gasteiger partial charge in [0.25, 0.3) is 5.91 Å². The van der Waals surface area contributed by atoms with Gasteiger partial charge in [0.2, 0.25) is 0 Å². The first-order valence-corrected chi connectivity index (χ1v) is 7.73. The Hall–Kier alpha value is -1.78. The molecule has 0 aliphatic heterocycles. The summed E-state index contributed by atoms with van der Waals surface area (Å²) >= 11 is 4.42. The summed E-state index contributed by atoms with van der Waals surface area (Å²) in [5, 5.41) is 15.7. The van der Waals surface area contributed by atoms with E-state index in [0.29, 0.717) is 26.3 Å². The molecule has 0 atom stereocenters. The molecular weight excluding hydrogens is 352 g/mol. The van der Waals surface area contributed by atoms with Crippen molar-refractivity contribution in [2.75, 3.05) is 5.32 Å². The van der Waals surface area contributed by atoms with E-state index in [2.05, 4.69) is 30.8 Å². The molecule has 0 aliphatic rings. The fourth-order valence-electron chi connectivity index (χ4n) is 1.70. The van der Waals surface area contributed by atoms with Gasteiger partial charge < -0.3 is 5.32 Å². The van der Waals surface area contributed by atoms with Gasteiger partial charge >= 0.3 is 0 Å². The van der Waals surface area contributed by atoms with Gasteiger partial charge in [-0.3, -0.25) is 4.79 Å². The normalized spacial score (nSPS) is 11.0. The number of hydrogen-bond acceptors (Lipinski definition) is 5. The van der Waals surface area contributed by atoms with Crippen molar-refractivity contribution >= 4 is 39.1 Å². The van der Waals surface area contributed by atoms with E-state index in [1.807, 2.05) is 26.8 Å². The number of halogens is 1. The number of carbonyl (C=O) groups is 1. The average molecular weight is 365 g/mol. The van der Waals surface area contributed by atoms with Gasteiger partial charge in [0.15, 0.2) is 0 Å². The highest BCUT2D eigenvalue weighted by Crippen LogP contribution is 2.28. The number of nitriles is 1. The topological polar surface area (TPSA) is 78.7 Å². The number of nitrogens with one attached hydrogen (secondary N) is 1. The van der Waals surface area contributed by atoms with Gasteiger partial charge in [-0.1, -0.05) is 25.3 Å². The van der Waals surface area contributed by atoms with E-state index in [-0.39, 0.29) is 11.3 Å². The molecule has 0 radical (unpaired) electrons. The van der Waals surface area contributed by atoms with Gasteiger partial charge in [-0.05, 0) is 45.7 Å². The number of hydrogen-bond donors (Lipinski definition) is 1. The lowest BCUT2D eigenvalue weighted by molar-refractivity contribution is 0.102. The molecule has 1 N–H and O–H groups in total. The first-order valence-electron chi connectivity index (χ1n) is 6.17. The monoisotopic (exact) mass is 364 g/mol. The highest BCUT2D eigenvalue weighted by molar-refractivity contribution is 9.10. The third-order valence-electron chi connectivity index (χ3n) is 2.75. The van der Waals surface area contributed by atoms with Crippen LogP contribution in [0.1, 0.15) is 41.7 Å². The summed E-state index contributed by atoms with van der Waals surface area (Å²) in [6.07, 6.45) is 0. The summed E-state index contributed by atoms with van der Waals surface area (Å²) < 4.78 is 4.53. The van der Waals surface area contributed by atoms with Crippen LogP contribution in [0.3, 0.4) is 0 Å². The van der Waals surface area contributed by atoms with Crippen molar-refractivity contribution in [3.05, 3.63) is 38.8 Å². The summed E-state index contributed by atoms with van der Waals surface area (Å²) in [6.45, 7) is 5.95. The van der Waals surface area contributed by atoms with Crippen LogP contribution in [0.15, 0.2) is 22.7 Å². The third-order valence-corrected chi connectivity index (χ3v) is 4.13. The number of amides is 1. The van der Waals surface area contributed by atoms with Crippen molar-refractivity contribution < 1.29 is 4.79 Å². The van der Waals surface area contributed by atoms with Gasteiger partial charge in [0.05, 0.1) is 23.0 Å². The van der Waals surface area contributed by atoms with Crippen molar-refractivity contribution in [3.63, 3.8) is 0 Å². The number of aromatic nitrogens is 2. The van der Waals surface area contributed by atoms with Crippen molar-refractivity contribution in [1.29, 1.82) is 5.26 Å². The molecule has 0 aliphatic carbocycles. The standard InChI is InChI=1S/C14H13BrN4OS/c1-14(2,3)12-11(21-19-18-12)13(20)17-10-5-4-8(7-16)6-9(10)15/h4-6H,1-3H3,(H,17,20).